The van der Waals surface area contributed by atoms with Crippen molar-refractivity contribution in [1.29, 1.82) is 0 Å². The largest absolute Gasteiger partial charge is 0.334 e. The number of aromatic nitrogens is 2. The summed E-state index contributed by atoms with van der Waals surface area (Å²) in [5.74, 6) is 0.202. The highest BCUT2D eigenvalue weighted by atomic mass is 32.2. The van der Waals surface area contributed by atoms with Gasteiger partial charge in [-0.2, -0.15) is 0 Å². The summed E-state index contributed by atoms with van der Waals surface area (Å²) >= 11 is 0. The molecule has 7 heteroatoms. The van der Waals surface area contributed by atoms with Gasteiger partial charge < -0.3 is 9.47 Å². The Bertz CT molecular complexity index is 1250. The molecule has 1 aliphatic rings. The lowest BCUT2D eigenvalue weighted by atomic mass is 10.1. The molecule has 34 heavy (non-hydrogen) atoms. The van der Waals surface area contributed by atoms with E-state index < -0.39 is 9.84 Å². The van der Waals surface area contributed by atoms with Crippen LogP contribution < -0.4 is 0 Å². The van der Waals surface area contributed by atoms with Gasteiger partial charge in [-0.3, -0.25) is 4.79 Å². The van der Waals surface area contributed by atoms with Crippen LogP contribution in [0, 0.1) is 12.8 Å². The number of carbonyl (C=O) groups excluding carboxylic acids is 1. The zero-order valence-corrected chi connectivity index (χ0v) is 21.0. The quantitative estimate of drug-likeness (QED) is 0.428. The fourth-order valence-corrected chi connectivity index (χ4v) is 5.75. The van der Waals surface area contributed by atoms with Crippen molar-refractivity contribution in [2.45, 2.75) is 70.1 Å². The molecule has 0 saturated heterocycles. The van der Waals surface area contributed by atoms with Crippen molar-refractivity contribution in [3.8, 4) is 0 Å². The predicted octanol–water partition coefficient (Wildman–Crippen LogP) is 4.56. The van der Waals surface area contributed by atoms with Crippen LogP contribution in [-0.2, 0) is 39.9 Å². The first-order valence-corrected chi connectivity index (χ1v) is 13.5. The van der Waals surface area contributed by atoms with E-state index in [9.17, 15) is 13.2 Å². The molecule has 0 unspecified atom stereocenters. The maximum absolute atomic E-state index is 13.4. The van der Waals surface area contributed by atoms with Crippen molar-refractivity contribution in [2.24, 2.45) is 5.92 Å². The fraction of sp³-hybridized carbons (Fsp3) is 0.407. The molecule has 1 aliphatic carbocycles. The van der Waals surface area contributed by atoms with E-state index in [1.165, 1.54) is 0 Å². The fourth-order valence-electron chi connectivity index (χ4n) is 4.27. The number of hydrogen-bond acceptors (Lipinski definition) is 4. The molecule has 0 bridgehead atoms. The van der Waals surface area contributed by atoms with E-state index in [1.54, 1.807) is 10.8 Å². The van der Waals surface area contributed by atoms with Crippen LogP contribution >= 0.6 is 0 Å². The van der Waals surface area contributed by atoms with Crippen molar-refractivity contribution in [3.63, 3.8) is 0 Å². The van der Waals surface area contributed by atoms with Gasteiger partial charge in [-0.15, -0.1) is 0 Å². The zero-order valence-electron chi connectivity index (χ0n) is 20.1. The number of nitrogens with zero attached hydrogens (tertiary/aromatic N) is 3. The molecule has 1 amide bonds. The molecule has 1 fully saturated rings. The average molecular weight is 480 g/mol. The normalized spacial score (nSPS) is 13.9. The molecule has 0 aliphatic heterocycles. The molecular formula is C27H33N3O3S. The van der Waals surface area contributed by atoms with Gasteiger partial charge in [-0.05, 0) is 36.8 Å². The smallest absolute Gasteiger partial charge is 0.228 e. The number of benzene rings is 2. The van der Waals surface area contributed by atoms with Crippen LogP contribution in [0.3, 0.4) is 0 Å². The highest BCUT2D eigenvalue weighted by Gasteiger charge is 2.34. The van der Waals surface area contributed by atoms with Gasteiger partial charge in [0.2, 0.25) is 20.9 Å². The van der Waals surface area contributed by atoms with E-state index in [1.807, 2.05) is 66.4 Å². The molecule has 180 valence electrons. The highest BCUT2D eigenvalue weighted by molar-refractivity contribution is 7.90. The summed E-state index contributed by atoms with van der Waals surface area (Å²) in [5, 5.41) is 0.0870. The van der Waals surface area contributed by atoms with E-state index in [0.717, 1.165) is 35.2 Å². The molecule has 0 atom stereocenters. The predicted molar refractivity (Wildman–Crippen MR) is 133 cm³/mol. The Hall–Kier alpha value is -2.93. The minimum Gasteiger partial charge on any atom is -0.334 e. The summed E-state index contributed by atoms with van der Waals surface area (Å²) in [7, 11) is -3.65. The summed E-state index contributed by atoms with van der Waals surface area (Å²) in [4.78, 5) is 19.5. The molecule has 1 aromatic heterocycles. The van der Waals surface area contributed by atoms with Gasteiger partial charge in [0.1, 0.15) is 0 Å². The molecule has 2 aromatic carbocycles. The number of amides is 1. The minimum absolute atomic E-state index is 0.0650. The third kappa shape index (κ3) is 5.95. The summed E-state index contributed by atoms with van der Waals surface area (Å²) in [5.41, 5.74) is 3.52. The molecule has 4 rings (SSSR count). The van der Waals surface area contributed by atoms with E-state index in [0.29, 0.717) is 19.5 Å². The SMILES string of the molecule is Cc1cccc(CS(=O)(=O)c2ncc(CN(C(=O)Cc3ccccc3)C3CC3)n2CC(C)C)c1. The Balaban J connectivity index is 1.60. The van der Waals surface area contributed by atoms with Crippen LogP contribution in [0.25, 0.3) is 0 Å². The molecule has 1 heterocycles. The van der Waals surface area contributed by atoms with E-state index in [-0.39, 0.29) is 28.8 Å². The second kappa shape index (κ2) is 10.1. The topological polar surface area (TPSA) is 72.3 Å². The zero-order chi connectivity index (χ0) is 24.3. The molecule has 6 nitrogen and oxygen atoms in total. The Morgan fingerprint density at radius 3 is 2.44 bits per heavy atom. The Kier molecular flexibility index (Phi) is 7.22. The first-order chi connectivity index (χ1) is 16.2. The van der Waals surface area contributed by atoms with Gasteiger partial charge in [0, 0.05) is 12.6 Å². The maximum Gasteiger partial charge on any atom is 0.228 e. The van der Waals surface area contributed by atoms with Gasteiger partial charge in [-0.1, -0.05) is 74.0 Å². The third-order valence-electron chi connectivity index (χ3n) is 6.01. The molecule has 3 aromatic rings. The van der Waals surface area contributed by atoms with Gasteiger partial charge >= 0.3 is 0 Å². The number of rotatable bonds is 10. The summed E-state index contributed by atoms with van der Waals surface area (Å²) in [6.07, 6.45) is 3.94. The van der Waals surface area contributed by atoms with Crippen molar-refractivity contribution >= 4 is 15.7 Å². The Labute approximate surface area is 202 Å². The Morgan fingerprint density at radius 1 is 1.09 bits per heavy atom. The number of carbonyl (C=O) groups is 1. The van der Waals surface area contributed by atoms with Gasteiger partial charge in [-0.25, -0.2) is 13.4 Å². The van der Waals surface area contributed by atoms with E-state index in [2.05, 4.69) is 18.8 Å². The van der Waals surface area contributed by atoms with Crippen LogP contribution in [-0.4, -0.2) is 34.8 Å². The van der Waals surface area contributed by atoms with Crippen molar-refractivity contribution in [2.75, 3.05) is 0 Å². The number of imidazole rings is 1. The summed E-state index contributed by atoms with van der Waals surface area (Å²) < 4.78 is 28.5. The second-order valence-electron chi connectivity index (χ2n) is 9.70. The summed E-state index contributed by atoms with van der Waals surface area (Å²) in [6, 6.07) is 17.5. The van der Waals surface area contributed by atoms with E-state index in [4.69, 9.17) is 0 Å². The molecule has 0 N–H and O–H groups in total. The van der Waals surface area contributed by atoms with Crippen molar-refractivity contribution in [1.82, 2.24) is 14.5 Å². The molecule has 0 spiro atoms. The average Bonchev–Trinajstić information content (AvgIpc) is 3.53. The van der Waals surface area contributed by atoms with Crippen LogP contribution in [0.4, 0.5) is 0 Å². The highest BCUT2D eigenvalue weighted by Crippen LogP contribution is 2.30. The van der Waals surface area contributed by atoms with Crippen LogP contribution in [0.5, 0.6) is 0 Å². The molecule has 0 radical (unpaired) electrons. The third-order valence-corrected chi connectivity index (χ3v) is 7.60. The van der Waals surface area contributed by atoms with Gasteiger partial charge in [0.05, 0.1) is 30.6 Å². The van der Waals surface area contributed by atoms with Gasteiger partial charge in [0.25, 0.3) is 0 Å². The number of aryl methyl sites for hydroxylation is 1. The molecule has 1 saturated carbocycles. The van der Waals surface area contributed by atoms with Crippen LogP contribution in [0.15, 0.2) is 66.0 Å². The first-order valence-electron chi connectivity index (χ1n) is 11.9. The number of sulfone groups is 1. The van der Waals surface area contributed by atoms with Gasteiger partial charge in [0.15, 0.2) is 0 Å². The second-order valence-corrected chi connectivity index (χ2v) is 11.6. The number of hydrogen-bond donors (Lipinski definition) is 0. The lowest BCUT2D eigenvalue weighted by Gasteiger charge is -2.24. The minimum atomic E-state index is -3.65. The Morgan fingerprint density at radius 2 is 1.79 bits per heavy atom. The van der Waals surface area contributed by atoms with E-state index >= 15 is 0 Å². The summed E-state index contributed by atoms with van der Waals surface area (Å²) in [6.45, 7) is 6.96. The molecular weight excluding hydrogens is 446 g/mol. The van der Waals surface area contributed by atoms with Crippen LogP contribution in [0.2, 0.25) is 0 Å². The first kappa shape index (κ1) is 24.2. The monoisotopic (exact) mass is 479 g/mol. The van der Waals surface area contributed by atoms with Crippen LogP contribution in [0.1, 0.15) is 49.1 Å². The standard InChI is InChI=1S/C27H33N3O3S/c1-20(2)17-30-25(16-28-27(30)34(32,33)19-23-11-7-8-21(3)14-23)18-29(24-12-13-24)26(31)15-22-9-5-4-6-10-22/h4-11,14,16,20,24H,12-13,15,17-19H2,1-3H3. The van der Waals surface area contributed by atoms with Crippen molar-refractivity contribution < 1.29 is 13.2 Å². The lowest BCUT2D eigenvalue weighted by molar-refractivity contribution is -0.131. The maximum atomic E-state index is 13.4. The lowest BCUT2D eigenvalue weighted by Crippen LogP contribution is -2.34. The van der Waals surface area contributed by atoms with Crippen molar-refractivity contribution in [3.05, 3.63) is 83.2 Å².